The van der Waals surface area contributed by atoms with E-state index in [2.05, 4.69) is 20.1 Å². The van der Waals surface area contributed by atoms with E-state index >= 15 is 0 Å². The van der Waals surface area contributed by atoms with E-state index in [-0.39, 0.29) is 17.4 Å². The molecule has 0 atom stereocenters. The topological polar surface area (TPSA) is 100 Å². The molecule has 1 aliphatic carbocycles. The van der Waals surface area contributed by atoms with Crippen LogP contribution in [0.3, 0.4) is 0 Å². The molecule has 1 amide bonds. The molecule has 9 nitrogen and oxygen atoms in total. The summed E-state index contributed by atoms with van der Waals surface area (Å²) in [5.74, 6) is 1.33. The molecule has 1 N–H and O–H groups in total. The van der Waals surface area contributed by atoms with Crippen LogP contribution >= 0.6 is 0 Å². The number of hydrogen-bond donors (Lipinski definition) is 1. The summed E-state index contributed by atoms with van der Waals surface area (Å²) in [4.78, 5) is 41.1. The minimum Gasteiger partial charge on any atom is -0.347 e. The molecule has 162 valence electrons. The van der Waals surface area contributed by atoms with Crippen LogP contribution in [0, 0.1) is 0 Å². The van der Waals surface area contributed by atoms with Crippen molar-refractivity contribution in [1.29, 1.82) is 0 Å². The van der Waals surface area contributed by atoms with Crippen molar-refractivity contribution in [2.45, 2.75) is 37.5 Å². The number of rotatable bonds is 4. The molecule has 2 fully saturated rings. The van der Waals surface area contributed by atoms with Crippen LogP contribution < -0.4 is 10.5 Å². The second kappa shape index (κ2) is 7.47. The number of aromatic amines is 1. The molecule has 1 aliphatic heterocycles. The third-order valence-corrected chi connectivity index (χ3v) is 6.34. The smallest absolute Gasteiger partial charge is 0.272 e. The number of carbonyl (C=O) groups is 1. The lowest BCUT2D eigenvalue weighted by molar-refractivity contribution is 0.0701. The van der Waals surface area contributed by atoms with E-state index in [9.17, 15) is 9.59 Å². The fraction of sp³-hybridized carbons (Fsp3) is 0.500. The Morgan fingerprint density at radius 1 is 1.13 bits per heavy atom. The van der Waals surface area contributed by atoms with Gasteiger partial charge in [-0.05, 0) is 37.8 Å². The SMILES string of the molecule is CN(C)c1ncc2c(=O)[nH]c(C3CCN(C(=O)c4cc(C5CC5)nn4C)CC3)cc2n1. The molecule has 31 heavy (non-hydrogen) atoms. The number of anilines is 1. The van der Waals surface area contributed by atoms with Gasteiger partial charge < -0.3 is 14.8 Å². The molecule has 0 radical (unpaired) electrons. The number of aryl methyl sites for hydroxylation is 1. The number of hydrogen-bond acceptors (Lipinski definition) is 6. The third kappa shape index (κ3) is 3.68. The number of pyridine rings is 1. The van der Waals surface area contributed by atoms with Gasteiger partial charge in [0.25, 0.3) is 11.5 Å². The summed E-state index contributed by atoms with van der Waals surface area (Å²) in [7, 11) is 5.59. The molecule has 5 rings (SSSR count). The van der Waals surface area contributed by atoms with Crippen molar-refractivity contribution in [3.8, 4) is 0 Å². The van der Waals surface area contributed by atoms with Gasteiger partial charge in [-0.25, -0.2) is 9.97 Å². The highest BCUT2D eigenvalue weighted by atomic mass is 16.2. The second-order valence-corrected chi connectivity index (χ2v) is 8.84. The fourth-order valence-electron chi connectivity index (χ4n) is 4.31. The molecule has 0 bridgehead atoms. The van der Waals surface area contributed by atoms with Gasteiger partial charge in [0.2, 0.25) is 5.95 Å². The summed E-state index contributed by atoms with van der Waals surface area (Å²) in [5, 5.41) is 5.01. The van der Waals surface area contributed by atoms with Crippen molar-refractivity contribution < 1.29 is 4.79 Å². The zero-order valence-corrected chi connectivity index (χ0v) is 18.1. The van der Waals surface area contributed by atoms with Crippen molar-refractivity contribution >= 4 is 22.8 Å². The minimum atomic E-state index is -0.168. The molecule has 2 aliphatic rings. The predicted octanol–water partition coefficient (Wildman–Crippen LogP) is 2.01. The molecule has 3 aromatic heterocycles. The molecule has 1 saturated heterocycles. The zero-order chi connectivity index (χ0) is 21.7. The van der Waals surface area contributed by atoms with Crippen LogP contribution in [0.5, 0.6) is 0 Å². The highest BCUT2D eigenvalue weighted by Crippen LogP contribution is 2.39. The lowest BCUT2D eigenvalue weighted by atomic mass is 9.92. The molecule has 0 unspecified atom stereocenters. The lowest BCUT2D eigenvalue weighted by Gasteiger charge is -2.32. The number of nitrogens with zero attached hydrogens (tertiary/aromatic N) is 6. The molecule has 1 saturated carbocycles. The van der Waals surface area contributed by atoms with E-state index < -0.39 is 0 Å². The first-order chi connectivity index (χ1) is 14.9. The normalized spacial score (nSPS) is 17.3. The molecule has 9 heteroatoms. The van der Waals surface area contributed by atoms with Crippen LogP contribution in [0.15, 0.2) is 23.1 Å². The number of H-pyrrole nitrogens is 1. The first kappa shape index (κ1) is 19.7. The average Bonchev–Trinajstić information content (AvgIpc) is 3.54. The highest BCUT2D eigenvalue weighted by Gasteiger charge is 2.31. The molecule has 4 heterocycles. The third-order valence-electron chi connectivity index (χ3n) is 6.34. The predicted molar refractivity (Wildman–Crippen MR) is 118 cm³/mol. The van der Waals surface area contributed by atoms with E-state index in [1.807, 2.05) is 43.1 Å². The van der Waals surface area contributed by atoms with Gasteiger partial charge >= 0.3 is 0 Å². The van der Waals surface area contributed by atoms with Crippen molar-refractivity contribution in [2.75, 3.05) is 32.1 Å². The second-order valence-electron chi connectivity index (χ2n) is 8.84. The van der Waals surface area contributed by atoms with Gasteiger partial charge in [0.05, 0.1) is 16.6 Å². The monoisotopic (exact) mass is 421 g/mol. The standard InChI is InChI=1S/C22H27N7O2/c1-27(2)22-23-12-15-18(25-22)10-16(24-20(15)30)14-6-8-29(9-7-14)21(31)19-11-17(13-4-5-13)26-28(19)3/h10-14H,4-9H2,1-3H3,(H,24,30). The average molecular weight is 422 g/mol. The number of fused-ring (bicyclic) bond motifs is 1. The maximum Gasteiger partial charge on any atom is 0.272 e. The van der Waals surface area contributed by atoms with Crippen molar-refractivity contribution in [2.24, 2.45) is 7.05 Å². The van der Waals surface area contributed by atoms with Gasteiger partial charge in [0.15, 0.2) is 0 Å². The largest absolute Gasteiger partial charge is 0.347 e. The Morgan fingerprint density at radius 3 is 2.55 bits per heavy atom. The molecular weight excluding hydrogens is 394 g/mol. The number of piperidine rings is 1. The van der Waals surface area contributed by atoms with Gasteiger partial charge in [-0.15, -0.1) is 0 Å². The zero-order valence-electron chi connectivity index (χ0n) is 18.1. The van der Waals surface area contributed by atoms with Gasteiger partial charge in [0, 0.05) is 58.0 Å². The maximum atomic E-state index is 13.0. The molecular formula is C22H27N7O2. The van der Waals surface area contributed by atoms with E-state index in [1.165, 1.54) is 12.8 Å². The van der Waals surface area contributed by atoms with E-state index in [0.29, 0.717) is 41.6 Å². The molecule has 0 spiro atoms. The van der Waals surface area contributed by atoms with E-state index in [1.54, 1.807) is 10.9 Å². The van der Waals surface area contributed by atoms with Crippen molar-refractivity contribution in [3.05, 3.63) is 45.8 Å². The summed E-state index contributed by atoms with van der Waals surface area (Å²) >= 11 is 0. The quantitative estimate of drug-likeness (QED) is 0.692. The summed E-state index contributed by atoms with van der Waals surface area (Å²) in [6, 6.07) is 3.91. The Morgan fingerprint density at radius 2 is 1.87 bits per heavy atom. The Kier molecular flexibility index (Phi) is 4.75. The fourth-order valence-corrected chi connectivity index (χ4v) is 4.31. The molecule has 0 aromatic carbocycles. The number of nitrogens with one attached hydrogen (secondary N) is 1. The maximum absolute atomic E-state index is 13.0. The first-order valence-electron chi connectivity index (χ1n) is 10.8. The van der Waals surface area contributed by atoms with Gasteiger partial charge in [-0.2, -0.15) is 5.10 Å². The lowest BCUT2D eigenvalue weighted by Crippen LogP contribution is -2.39. The molecule has 3 aromatic rings. The van der Waals surface area contributed by atoms with Crippen molar-refractivity contribution in [1.82, 2.24) is 29.6 Å². The summed E-state index contributed by atoms with van der Waals surface area (Å²) in [6.07, 6.45) is 5.51. The summed E-state index contributed by atoms with van der Waals surface area (Å²) in [6.45, 7) is 1.31. The Labute approximate surface area is 180 Å². The van der Waals surface area contributed by atoms with E-state index in [0.717, 1.165) is 24.2 Å². The van der Waals surface area contributed by atoms with Crippen molar-refractivity contribution in [3.63, 3.8) is 0 Å². The van der Waals surface area contributed by atoms with Crippen LogP contribution in [0.4, 0.5) is 5.95 Å². The van der Waals surface area contributed by atoms with Crippen LogP contribution in [0.25, 0.3) is 10.9 Å². The highest BCUT2D eigenvalue weighted by molar-refractivity contribution is 5.92. The van der Waals surface area contributed by atoms with Crippen LogP contribution in [-0.4, -0.2) is 62.7 Å². The van der Waals surface area contributed by atoms with Gasteiger partial charge in [0.1, 0.15) is 5.69 Å². The number of likely N-dealkylation sites (tertiary alicyclic amines) is 1. The number of carbonyl (C=O) groups excluding carboxylic acids is 1. The summed E-state index contributed by atoms with van der Waals surface area (Å²) < 4.78 is 1.71. The van der Waals surface area contributed by atoms with Crippen LogP contribution in [0.1, 0.15) is 59.4 Å². The van der Waals surface area contributed by atoms with Gasteiger partial charge in [-0.3, -0.25) is 14.3 Å². The number of amides is 1. The minimum absolute atomic E-state index is 0.0377. The Bertz CT molecular complexity index is 1200. The van der Waals surface area contributed by atoms with E-state index in [4.69, 9.17) is 0 Å². The van der Waals surface area contributed by atoms with Gasteiger partial charge in [-0.1, -0.05) is 0 Å². The number of aromatic nitrogens is 5. The summed E-state index contributed by atoms with van der Waals surface area (Å²) in [5.41, 5.74) is 3.06. The Hall–Kier alpha value is -3.23. The Balaban J connectivity index is 1.32. The van der Waals surface area contributed by atoms with Crippen LogP contribution in [-0.2, 0) is 7.05 Å². The first-order valence-corrected chi connectivity index (χ1v) is 10.8. The van der Waals surface area contributed by atoms with Crippen LogP contribution in [0.2, 0.25) is 0 Å².